The summed E-state index contributed by atoms with van der Waals surface area (Å²) in [5.41, 5.74) is -0.548. The van der Waals surface area contributed by atoms with Crippen LogP contribution in [0.1, 0.15) is 47.0 Å². The zero-order chi connectivity index (χ0) is 19.9. The first-order chi connectivity index (χ1) is 12.7. The Bertz CT molecular complexity index is 669. The van der Waals surface area contributed by atoms with Crippen LogP contribution in [0.2, 0.25) is 0 Å². The van der Waals surface area contributed by atoms with Crippen molar-refractivity contribution in [3.05, 3.63) is 12.7 Å². The summed E-state index contributed by atoms with van der Waals surface area (Å²) in [6.07, 6.45) is 5.27. The Hall–Kier alpha value is -1.56. The number of tetrazole rings is 2. The molecule has 0 fully saturated rings. The molecule has 2 atom stereocenters. The van der Waals surface area contributed by atoms with Gasteiger partial charge in [-0.25, -0.2) is 9.36 Å². The van der Waals surface area contributed by atoms with Crippen molar-refractivity contribution < 1.29 is 8.42 Å². The summed E-state index contributed by atoms with van der Waals surface area (Å²) in [4.78, 5) is 0. The molecule has 2 unspecified atom stereocenters. The lowest BCUT2D eigenvalue weighted by Gasteiger charge is -2.23. The average molecular weight is 417 g/mol. The molecule has 0 radical (unpaired) electrons. The normalized spacial score (nSPS) is 15.0. The van der Waals surface area contributed by atoms with E-state index in [1.807, 2.05) is 27.7 Å². The van der Waals surface area contributed by atoms with E-state index >= 15 is 0 Å². The summed E-state index contributed by atoms with van der Waals surface area (Å²) in [7, 11) is -1.87. The van der Waals surface area contributed by atoms with Crippen molar-refractivity contribution in [3.63, 3.8) is 0 Å². The third-order valence-electron chi connectivity index (χ3n) is 4.57. The Kier molecular flexibility index (Phi) is 7.71. The van der Waals surface area contributed by atoms with Crippen LogP contribution in [0.4, 0.5) is 0 Å². The molecule has 2 aromatic heterocycles. The van der Waals surface area contributed by atoms with Crippen molar-refractivity contribution in [3.8, 4) is 0 Å². The second kappa shape index (κ2) is 9.58. The first-order valence-corrected chi connectivity index (χ1v) is 11.9. The van der Waals surface area contributed by atoms with Gasteiger partial charge in [0.1, 0.15) is 12.7 Å². The maximum Gasteiger partial charge on any atom is 0.138 e. The van der Waals surface area contributed by atoms with Crippen molar-refractivity contribution in [1.29, 1.82) is 0 Å². The Labute approximate surface area is 164 Å². The van der Waals surface area contributed by atoms with Gasteiger partial charge in [-0.15, -0.1) is 10.2 Å². The minimum Gasteiger partial charge on any atom is -0.260 e. The number of hydrogen-bond donors (Lipinski definition) is 0. The molecule has 2 aromatic rings. The van der Waals surface area contributed by atoms with Gasteiger partial charge in [0, 0.05) is 44.6 Å². The van der Waals surface area contributed by atoms with E-state index in [0.717, 1.165) is 0 Å². The predicted molar refractivity (Wildman–Crippen MR) is 104 cm³/mol. The van der Waals surface area contributed by atoms with Crippen molar-refractivity contribution in [2.45, 2.75) is 58.0 Å². The highest BCUT2D eigenvalue weighted by atomic mass is 32.2. The van der Waals surface area contributed by atoms with Crippen LogP contribution in [0.5, 0.6) is 0 Å². The van der Waals surface area contributed by atoms with E-state index in [9.17, 15) is 8.42 Å². The van der Waals surface area contributed by atoms with Crippen LogP contribution in [0.15, 0.2) is 12.7 Å². The molecule has 0 N–H and O–H groups in total. The van der Waals surface area contributed by atoms with E-state index in [4.69, 9.17) is 0 Å². The number of nitrogens with zero attached hydrogens (tertiary/aromatic N) is 8. The monoisotopic (exact) mass is 416 g/mol. The molecule has 12 heteroatoms. The summed E-state index contributed by atoms with van der Waals surface area (Å²) in [6, 6.07) is 0. The SMILES string of the molecule is CC(C)(CCS(=O)CCCS(=O)CCC(C)(C)n1cnnn1)n1cnnn1. The van der Waals surface area contributed by atoms with Gasteiger partial charge in [-0.3, -0.25) is 8.42 Å². The van der Waals surface area contributed by atoms with E-state index in [1.165, 1.54) is 0 Å². The van der Waals surface area contributed by atoms with Crippen molar-refractivity contribution in [2.24, 2.45) is 0 Å². The standard InChI is InChI=1S/C15H28N8O2S2/c1-14(2,22-12-16-18-20-22)6-10-26(24)8-5-9-27(25)11-7-15(3,4)23-13-17-19-21-23/h12-13H,5-11H2,1-4H3. The van der Waals surface area contributed by atoms with Crippen LogP contribution in [-0.4, -0.2) is 71.8 Å². The Morgan fingerprint density at radius 2 is 1.15 bits per heavy atom. The lowest BCUT2D eigenvalue weighted by Crippen LogP contribution is -2.29. The van der Waals surface area contributed by atoms with Gasteiger partial charge in [-0.05, 0) is 67.8 Å². The van der Waals surface area contributed by atoms with E-state index in [-0.39, 0.29) is 11.1 Å². The molecule has 0 bridgehead atoms. The Morgan fingerprint density at radius 3 is 1.48 bits per heavy atom. The van der Waals surface area contributed by atoms with Gasteiger partial charge in [0.15, 0.2) is 0 Å². The molecule has 0 aromatic carbocycles. The Balaban J connectivity index is 1.64. The number of aromatic nitrogens is 8. The molecule has 0 amide bonds. The second-order valence-corrected chi connectivity index (χ2v) is 11.1. The molecule has 152 valence electrons. The molecule has 0 saturated heterocycles. The van der Waals surface area contributed by atoms with Gasteiger partial charge in [-0.1, -0.05) is 0 Å². The topological polar surface area (TPSA) is 121 Å². The van der Waals surface area contributed by atoms with Gasteiger partial charge < -0.3 is 0 Å². The fourth-order valence-electron chi connectivity index (χ4n) is 2.42. The third kappa shape index (κ3) is 6.83. The number of rotatable bonds is 12. The third-order valence-corrected chi connectivity index (χ3v) is 7.37. The summed E-state index contributed by atoms with van der Waals surface area (Å²) in [5, 5.41) is 22.4. The molecule has 0 aliphatic rings. The summed E-state index contributed by atoms with van der Waals surface area (Å²) in [5.74, 6) is 2.28. The molecular formula is C15H28N8O2S2. The maximum absolute atomic E-state index is 12.2. The van der Waals surface area contributed by atoms with Crippen LogP contribution in [0.25, 0.3) is 0 Å². The first kappa shape index (κ1) is 21.7. The quantitative estimate of drug-likeness (QED) is 0.490. The zero-order valence-electron chi connectivity index (χ0n) is 16.3. The lowest BCUT2D eigenvalue weighted by molar-refractivity contribution is 0.302. The molecule has 0 aliphatic carbocycles. The predicted octanol–water partition coefficient (Wildman–Crippen LogP) is 0.498. The average Bonchev–Trinajstić information content (AvgIpc) is 3.32. The fourth-order valence-corrected chi connectivity index (χ4v) is 5.40. The van der Waals surface area contributed by atoms with Crippen molar-refractivity contribution in [1.82, 2.24) is 40.4 Å². The van der Waals surface area contributed by atoms with Crippen LogP contribution in [0, 0.1) is 0 Å². The fraction of sp³-hybridized carbons (Fsp3) is 0.867. The maximum atomic E-state index is 12.2. The molecule has 2 heterocycles. The first-order valence-electron chi connectivity index (χ1n) is 8.88. The van der Waals surface area contributed by atoms with Crippen LogP contribution >= 0.6 is 0 Å². The number of hydrogen-bond acceptors (Lipinski definition) is 8. The van der Waals surface area contributed by atoms with Crippen LogP contribution in [-0.2, 0) is 32.7 Å². The molecule has 27 heavy (non-hydrogen) atoms. The molecule has 2 rings (SSSR count). The van der Waals surface area contributed by atoms with Gasteiger partial charge in [0.25, 0.3) is 0 Å². The highest BCUT2D eigenvalue weighted by Gasteiger charge is 2.23. The minimum absolute atomic E-state index is 0.274. The molecule has 0 aliphatic heterocycles. The minimum atomic E-state index is -0.937. The highest BCUT2D eigenvalue weighted by molar-refractivity contribution is 7.85. The van der Waals surface area contributed by atoms with E-state index in [0.29, 0.717) is 42.3 Å². The van der Waals surface area contributed by atoms with Crippen LogP contribution < -0.4 is 0 Å². The molecule has 10 nitrogen and oxygen atoms in total. The zero-order valence-corrected chi connectivity index (χ0v) is 17.9. The van der Waals surface area contributed by atoms with E-state index in [2.05, 4.69) is 31.1 Å². The van der Waals surface area contributed by atoms with Crippen molar-refractivity contribution in [2.75, 3.05) is 23.0 Å². The van der Waals surface area contributed by atoms with E-state index < -0.39 is 21.6 Å². The van der Waals surface area contributed by atoms with Crippen LogP contribution in [0.3, 0.4) is 0 Å². The molecule has 0 spiro atoms. The van der Waals surface area contributed by atoms with E-state index in [1.54, 1.807) is 22.0 Å². The highest BCUT2D eigenvalue weighted by Crippen LogP contribution is 2.19. The Morgan fingerprint density at radius 1 is 0.741 bits per heavy atom. The smallest absolute Gasteiger partial charge is 0.138 e. The second-order valence-electron chi connectivity index (χ2n) is 7.68. The lowest BCUT2D eigenvalue weighted by atomic mass is 10.0. The molecular weight excluding hydrogens is 388 g/mol. The van der Waals surface area contributed by atoms with Gasteiger partial charge in [-0.2, -0.15) is 0 Å². The van der Waals surface area contributed by atoms with Gasteiger partial charge in [0.2, 0.25) is 0 Å². The molecule has 0 saturated carbocycles. The van der Waals surface area contributed by atoms with Crippen molar-refractivity contribution >= 4 is 21.6 Å². The van der Waals surface area contributed by atoms with Gasteiger partial charge >= 0.3 is 0 Å². The van der Waals surface area contributed by atoms with Gasteiger partial charge in [0.05, 0.1) is 11.1 Å². The largest absolute Gasteiger partial charge is 0.260 e. The summed E-state index contributed by atoms with van der Waals surface area (Å²) < 4.78 is 27.9. The summed E-state index contributed by atoms with van der Waals surface area (Å²) in [6.45, 7) is 8.06. The summed E-state index contributed by atoms with van der Waals surface area (Å²) >= 11 is 0.